The zero-order valence-electron chi connectivity index (χ0n) is 10.4. The second-order valence-corrected chi connectivity index (χ2v) is 4.46. The second kappa shape index (κ2) is 5.76. The molecule has 0 aliphatic carbocycles. The molecule has 0 aliphatic heterocycles. The van der Waals surface area contributed by atoms with Gasteiger partial charge in [-0.15, -0.1) is 0 Å². The van der Waals surface area contributed by atoms with E-state index in [4.69, 9.17) is 16.3 Å². The summed E-state index contributed by atoms with van der Waals surface area (Å²) >= 11 is 5.56. The first kappa shape index (κ1) is 13.4. The Balaban J connectivity index is 2.44. The van der Waals surface area contributed by atoms with Gasteiger partial charge in [-0.05, 0) is 35.4 Å². The lowest BCUT2D eigenvalue weighted by atomic mass is 10.1. The average Bonchev–Trinajstić information content (AvgIpc) is 2.43. The highest BCUT2D eigenvalue weighted by atomic mass is 35.5. The Hall–Kier alpha value is -2.00. The topological polar surface area (TPSA) is 46.5 Å². The van der Waals surface area contributed by atoms with Crippen LogP contribution in [0.2, 0.25) is 0 Å². The van der Waals surface area contributed by atoms with Gasteiger partial charge in [0.15, 0.2) is 0 Å². The van der Waals surface area contributed by atoms with Gasteiger partial charge >= 0.3 is 5.97 Å². The molecule has 0 unspecified atom stereocenters. The van der Waals surface area contributed by atoms with Crippen LogP contribution in [0.15, 0.2) is 47.5 Å². The van der Waals surface area contributed by atoms with Crippen molar-refractivity contribution in [2.45, 2.75) is 6.92 Å². The summed E-state index contributed by atoms with van der Waals surface area (Å²) in [5.74, 6) is -0.655. The second-order valence-electron chi connectivity index (χ2n) is 4.24. The van der Waals surface area contributed by atoms with Gasteiger partial charge in [0.05, 0.1) is 0 Å². The number of fused-ring (bicyclic) bond motifs is 1. The predicted octanol–water partition coefficient (Wildman–Crippen LogP) is 4.06. The molecule has 0 radical (unpaired) electrons. The third-order valence-corrected chi connectivity index (χ3v) is 3.09. The van der Waals surface area contributed by atoms with Crippen molar-refractivity contribution in [1.82, 2.24) is 0 Å². The van der Waals surface area contributed by atoms with Crippen molar-refractivity contribution in [1.29, 1.82) is 0 Å². The van der Waals surface area contributed by atoms with Crippen molar-refractivity contribution in [3.8, 4) is 5.75 Å². The minimum absolute atomic E-state index is 0.154. The Morgan fingerprint density at radius 2 is 1.95 bits per heavy atom. The van der Waals surface area contributed by atoms with Gasteiger partial charge in [0.2, 0.25) is 0 Å². The molecule has 1 N–H and O–H groups in total. The van der Waals surface area contributed by atoms with Gasteiger partial charge in [-0.3, -0.25) is 0 Å². The molecule has 3 nitrogen and oxygen atoms in total. The van der Waals surface area contributed by atoms with Crippen LogP contribution >= 0.6 is 11.6 Å². The highest BCUT2D eigenvalue weighted by Gasteiger charge is 2.13. The third kappa shape index (κ3) is 3.06. The van der Waals surface area contributed by atoms with Gasteiger partial charge in [-0.25, -0.2) is 4.79 Å². The first-order valence-electron chi connectivity index (χ1n) is 5.76. The molecule has 4 heteroatoms. The number of carboxylic acid groups (broad SMARTS) is 1. The Morgan fingerprint density at radius 3 is 2.53 bits per heavy atom. The van der Waals surface area contributed by atoms with Crippen molar-refractivity contribution in [2.24, 2.45) is 0 Å². The van der Waals surface area contributed by atoms with E-state index in [0.29, 0.717) is 5.75 Å². The smallest absolute Gasteiger partial charge is 0.339 e. The number of hydrogen-bond donors (Lipinski definition) is 1. The number of hydrogen-bond acceptors (Lipinski definition) is 2. The molecule has 0 saturated carbocycles. The van der Waals surface area contributed by atoms with E-state index in [0.717, 1.165) is 16.3 Å². The molecule has 0 aliphatic rings. The lowest BCUT2D eigenvalue weighted by Gasteiger charge is -2.10. The lowest BCUT2D eigenvalue weighted by Crippen LogP contribution is -2.05. The standard InChI is InChI=1S/C15H13ClO3/c1-10(8-16)9-19-14-7-12-5-3-2-4-11(12)6-13(14)15(17)18/h2-8H,9H2,1H3,(H,17,18)/b10-8-. The lowest BCUT2D eigenvalue weighted by molar-refractivity contribution is 0.0693. The minimum atomic E-state index is -1.01. The highest BCUT2D eigenvalue weighted by molar-refractivity contribution is 6.25. The van der Waals surface area contributed by atoms with Gasteiger partial charge in [0.1, 0.15) is 17.9 Å². The van der Waals surface area contributed by atoms with E-state index >= 15 is 0 Å². The van der Waals surface area contributed by atoms with Gasteiger partial charge in [-0.2, -0.15) is 0 Å². The average molecular weight is 277 g/mol. The number of aromatic carboxylic acids is 1. The van der Waals surface area contributed by atoms with E-state index in [2.05, 4.69) is 0 Å². The van der Waals surface area contributed by atoms with Crippen LogP contribution in [0, 0.1) is 0 Å². The van der Waals surface area contributed by atoms with Crippen molar-refractivity contribution >= 4 is 28.3 Å². The monoisotopic (exact) mass is 276 g/mol. The molecule has 0 fully saturated rings. The number of rotatable bonds is 4. The zero-order valence-corrected chi connectivity index (χ0v) is 11.1. The number of carboxylic acids is 1. The van der Waals surface area contributed by atoms with Crippen LogP contribution in [-0.4, -0.2) is 17.7 Å². The fourth-order valence-electron chi connectivity index (χ4n) is 1.73. The van der Waals surface area contributed by atoms with Crippen LogP contribution in [-0.2, 0) is 0 Å². The summed E-state index contributed by atoms with van der Waals surface area (Å²) in [6.07, 6.45) is 0. The first-order valence-corrected chi connectivity index (χ1v) is 6.20. The summed E-state index contributed by atoms with van der Waals surface area (Å²) < 4.78 is 5.53. The van der Waals surface area contributed by atoms with Gasteiger partial charge < -0.3 is 9.84 Å². The Kier molecular flexibility index (Phi) is 4.07. The number of benzene rings is 2. The van der Waals surface area contributed by atoms with Crippen LogP contribution in [0.1, 0.15) is 17.3 Å². The number of carbonyl (C=O) groups is 1. The summed E-state index contributed by atoms with van der Waals surface area (Å²) in [6, 6.07) is 10.9. The van der Waals surface area contributed by atoms with Crippen LogP contribution in [0.25, 0.3) is 10.8 Å². The highest BCUT2D eigenvalue weighted by Crippen LogP contribution is 2.26. The molecule has 2 rings (SSSR count). The molecule has 98 valence electrons. The van der Waals surface area contributed by atoms with Crippen LogP contribution in [0.4, 0.5) is 0 Å². The fraction of sp³-hybridized carbons (Fsp3) is 0.133. The Labute approximate surface area is 116 Å². The Morgan fingerprint density at radius 1 is 1.32 bits per heavy atom. The van der Waals surface area contributed by atoms with Crippen molar-refractivity contribution in [2.75, 3.05) is 6.61 Å². The SMILES string of the molecule is C/C(=C/Cl)COc1cc2ccccc2cc1C(=O)O. The summed E-state index contributed by atoms with van der Waals surface area (Å²) in [4.78, 5) is 11.3. The summed E-state index contributed by atoms with van der Waals surface area (Å²) in [5.41, 5.74) is 2.40. The van der Waals surface area contributed by atoms with E-state index in [1.165, 1.54) is 5.54 Å². The largest absolute Gasteiger partial charge is 0.488 e. The maximum atomic E-state index is 11.3. The molecule has 0 heterocycles. The molecule has 0 saturated heterocycles. The molecule has 2 aromatic rings. The van der Waals surface area contributed by atoms with Crippen LogP contribution < -0.4 is 4.74 Å². The van der Waals surface area contributed by atoms with Crippen LogP contribution in [0.5, 0.6) is 5.75 Å². The molecule has 0 amide bonds. The van der Waals surface area contributed by atoms with Crippen molar-refractivity contribution in [3.05, 3.63) is 53.1 Å². The van der Waals surface area contributed by atoms with Gasteiger partial charge in [0, 0.05) is 5.54 Å². The number of halogens is 1. The van der Waals surface area contributed by atoms with Crippen molar-refractivity contribution in [3.63, 3.8) is 0 Å². The van der Waals surface area contributed by atoms with Crippen molar-refractivity contribution < 1.29 is 14.6 Å². The number of ether oxygens (including phenoxy) is 1. The zero-order chi connectivity index (χ0) is 13.8. The molecular formula is C15H13ClO3. The molecule has 0 spiro atoms. The summed E-state index contributed by atoms with van der Waals surface area (Å²) in [7, 11) is 0. The van der Waals surface area contributed by atoms with E-state index in [1.54, 1.807) is 12.1 Å². The molecule has 19 heavy (non-hydrogen) atoms. The quantitative estimate of drug-likeness (QED) is 0.916. The molecular weight excluding hydrogens is 264 g/mol. The maximum absolute atomic E-state index is 11.3. The van der Waals surface area contributed by atoms with Gasteiger partial charge in [-0.1, -0.05) is 35.9 Å². The summed E-state index contributed by atoms with van der Waals surface area (Å²) in [5, 5.41) is 11.0. The van der Waals surface area contributed by atoms with E-state index < -0.39 is 5.97 Å². The summed E-state index contributed by atoms with van der Waals surface area (Å²) in [6.45, 7) is 2.08. The van der Waals surface area contributed by atoms with E-state index in [-0.39, 0.29) is 12.2 Å². The van der Waals surface area contributed by atoms with Crippen LogP contribution in [0.3, 0.4) is 0 Å². The van der Waals surface area contributed by atoms with E-state index in [9.17, 15) is 9.90 Å². The van der Waals surface area contributed by atoms with Gasteiger partial charge in [0.25, 0.3) is 0 Å². The third-order valence-electron chi connectivity index (χ3n) is 2.72. The molecule has 0 bridgehead atoms. The predicted molar refractivity (Wildman–Crippen MR) is 76.0 cm³/mol. The van der Waals surface area contributed by atoms with E-state index in [1.807, 2.05) is 31.2 Å². The minimum Gasteiger partial charge on any atom is -0.488 e. The molecule has 0 aromatic heterocycles. The normalized spacial score (nSPS) is 11.6. The molecule has 0 atom stereocenters. The first-order chi connectivity index (χ1) is 9.11. The molecule has 2 aromatic carbocycles. The fourth-order valence-corrected chi connectivity index (χ4v) is 1.79. The Bertz CT molecular complexity index is 647. The maximum Gasteiger partial charge on any atom is 0.339 e.